The first-order chi connectivity index (χ1) is 16.5. The molecule has 10 nitrogen and oxygen atoms in total. The van der Waals surface area contributed by atoms with Gasteiger partial charge in [-0.3, -0.25) is 30.5 Å². The fourth-order valence-electron chi connectivity index (χ4n) is 5.52. The highest BCUT2D eigenvalue weighted by atomic mass is 19.1. The maximum absolute atomic E-state index is 15.5. The lowest BCUT2D eigenvalue weighted by Gasteiger charge is -2.38. The van der Waals surface area contributed by atoms with E-state index in [1.165, 1.54) is 6.42 Å². The summed E-state index contributed by atoms with van der Waals surface area (Å²) in [6.07, 6.45) is 7.95. The average molecular weight is 478 g/mol. The van der Waals surface area contributed by atoms with Crippen LogP contribution in [-0.2, 0) is 16.0 Å². The summed E-state index contributed by atoms with van der Waals surface area (Å²) in [6.45, 7) is 5.19. The number of carbonyl (C=O) groups is 2. The van der Waals surface area contributed by atoms with Gasteiger partial charge in [0.25, 0.3) is 0 Å². The molecule has 3 fully saturated rings. The number of nitrogens with zero attached hydrogens (tertiary/aromatic N) is 5. The predicted molar refractivity (Wildman–Crippen MR) is 125 cm³/mol. The summed E-state index contributed by atoms with van der Waals surface area (Å²) in [5.41, 5.74) is 5.22. The van der Waals surface area contributed by atoms with Gasteiger partial charge in [-0.05, 0) is 31.7 Å². The maximum atomic E-state index is 15.5. The van der Waals surface area contributed by atoms with Crippen LogP contribution in [0.4, 0.5) is 16.0 Å². The van der Waals surface area contributed by atoms with Crippen LogP contribution in [0.15, 0.2) is 0 Å². The van der Waals surface area contributed by atoms with Crippen LogP contribution in [0.3, 0.4) is 0 Å². The van der Waals surface area contributed by atoms with Crippen LogP contribution in [0, 0.1) is 17.7 Å². The molecular formula is C23H36FN7O3. The number of hydroxylamine groups is 2. The van der Waals surface area contributed by atoms with E-state index in [0.717, 1.165) is 51.7 Å². The van der Waals surface area contributed by atoms with Gasteiger partial charge in [0.05, 0.1) is 12.5 Å². The van der Waals surface area contributed by atoms with Gasteiger partial charge >= 0.3 is 0 Å². The molecule has 2 atom stereocenters. The van der Waals surface area contributed by atoms with Gasteiger partial charge in [0.2, 0.25) is 18.1 Å². The number of halogens is 1. The molecule has 2 saturated heterocycles. The van der Waals surface area contributed by atoms with Gasteiger partial charge in [-0.2, -0.15) is 4.39 Å². The number of amides is 2. The first-order valence-corrected chi connectivity index (χ1v) is 12.5. The number of carbonyl (C=O) groups excluding carboxylic acids is 2. The molecule has 3 N–H and O–H groups in total. The van der Waals surface area contributed by atoms with Gasteiger partial charge in [-0.25, -0.2) is 15.0 Å². The Balaban J connectivity index is 1.45. The molecule has 4 rings (SSSR count). The molecule has 1 aromatic rings. The Kier molecular flexibility index (Phi) is 8.15. The van der Waals surface area contributed by atoms with Crippen molar-refractivity contribution in [2.24, 2.45) is 11.8 Å². The van der Waals surface area contributed by atoms with Crippen molar-refractivity contribution < 1.29 is 19.2 Å². The Labute approximate surface area is 199 Å². The number of aryl methyl sites for hydroxylation is 1. The third kappa shape index (κ3) is 5.75. The molecule has 3 aliphatic rings. The number of nitrogens with one attached hydrogen (secondary N) is 2. The number of anilines is 2. The minimum Gasteiger partial charge on any atom is -0.351 e. The zero-order chi connectivity index (χ0) is 24.1. The molecule has 0 unspecified atom stereocenters. The van der Waals surface area contributed by atoms with Crippen molar-refractivity contribution >= 4 is 24.0 Å². The third-order valence-corrected chi connectivity index (χ3v) is 7.38. The highest BCUT2D eigenvalue weighted by Crippen LogP contribution is 2.31. The molecule has 11 heteroatoms. The molecular weight excluding hydrogens is 441 g/mol. The van der Waals surface area contributed by atoms with Crippen LogP contribution in [-0.4, -0.2) is 76.2 Å². The van der Waals surface area contributed by atoms with Crippen molar-refractivity contribution in [1.82, 2.24) is 25.4 Å². The first-order valence-electron chi connectivity index (χ1n) is 12.5. The third-order valence-electron chi connectivity index (χ3n) is 7.38. The lowest BCUT2D eigenvalue weighted by Crippen LogP contribution is -2.50. The van der Waals surface area contributed by atoms with Gasteiger partial charge in [-0.1, -0.05) is 32.6 Å². The second-order valence-corrected chi connectivity index (χ2v) is 9.68. The summed E-state index contributed by atoms with van der Waals surface area (Å²) < 4.78 is 15.5. The van der Waals surface area contributed by atoms with E-state index in [9.17, 15) is 14.8 Å². The molecule has 2 aliphatic heterocycles. The number of fused-ring (bicyclic) bond motifs is 1. The SMILES string of the molecule is CCc1nc(NNC(=O)[C@H](CC2CCCC2)CN(O)C=O)c(F)c(N2CCN3CCC[C@@H]3C2)n1. The molecule has 1 aromatic heterocycles. The number of rotatable bonds is 10. The Morgan fingerprint density at radius 3 is 2.76 bits per heavy atom. The van der Waals surface area contributed by atoms with Gasteiger partial charge in [0.1, 0.15) is 5.82 Å². The minimum atomic E-state index is -0.615. The molecule has 3 heterocycles. The molecule has 0 aromatic carbocycles. The van der Waals surface area contributed by atoms with E-state index in [0.29, 0.717) is 42.2 Å². The Hall–Kier alpha value is -2.53. The first kappa shape index (κ1) is 24.6. The summed E-state index contributed by atoms with van der Waals surface area (Å²) in [4.78, 5) is 37.0. The van der Waals surface area contributed by atoms with Crippen molar-refractivity contribution in [2.75, 3.05) is 43.0 Å². The standard InChI is InChI=1S/C23H36FN7O3/c1-2-19-25-21(20(24)22(26-19)30-11-10-29-9-5-8-18(29)14-30)27-28-23(33)17(13-31(34)15-32)12-16-6-3-4-7-16/h15-18,34H,2-14H2,1H3,(H,28,33)(H,25,26,27)/t17-,18-/m1/s1. The highest BCUT2D eigenvalue weighted by Gasteiger charge is 2.33. The van der Waals surface area contributed by atoms with Gasteiger partial charge < -0.3 is 4.90 Å². The number of hydrogen-bond donors (Lipinski definition) is 3. The van der Waals surface area contributed by atoms with Crippen LogP contribution >= 0.6 is 0 Å². The van der Waals surface area contributed by atoms with Crippen LogP contribution in [0.25, 0.3) is 0 Å². The zero-order valence-electron chi connectivity index (χ0n) is 19.9. The maximum Gasteiger partial charge on any atom is 0.243 e. The minimum absolute atomic E-state index is 0.0695. The number of piperazine rings is 1. The van der Waals surface area contributed by atoms with Crippen molar-refractivity contribution in [3.8, 4) is 0 Å². The Morgan fingerprint density at radius 1 is 1.24 bits per heavy atom. The van der Waals surface area contributed by atoms with Crippen LogP contribution in [0.1, 0.15) is 57.7 Å². The quantitative estimate of drug-likeness (QED) is 0.266. The smallest absolute Gasteiger partial charge is 0.243 e. The van der Waals surface area contributed by atoms with Gasteiger partial charge in [-0.15, -0.1) is 0 Å². The topological polar surface area (TPSA) is 114 Å². The van der Waals surface area contributed by atoms with Gasteiger partial charge in [0.15, 0.2) is 11.6 Å². The molecule has 1 saturated carbocycles. The summed E-state index contributed by atoms with van der Waals surface area (Å²) in [7, 11) is 0. The highest BCUT2D eigenvalue weighted by molar-refractivity contribution is 5.80. The van der Waals surface area contributed by atoms with Crippen molar-refractivity contribution in [3.63, 3.8) is 0 Å². The van der Waals surface area contributed by atoms with Crippen LogP contribution in [0.5, 0.6) is 0 Å². The Morgan fingerprint density at radius 2 is 2.03 bits per heavy atom. The van der Waals surface area contributed by atoms with E-state index in [1.807, 2.05) is 11.8 Å². The summed E-state index contributed by atoms with van der Waals surface area (Å²) in [5.74, 6) is -0.555. The summed E-state index contributed by atoms with van der Waals surface area (Å²) in [5, 5.41) is 10.2. The number of hydrogen-bond acceptors (Lipinski definition) is 8. The second-order valence-electron chi connectivity index (χ2n) is 9.68. The fraction of sp³-hybridized carbons (Fsp3) is 0.739. The van der Waals surface area contributed by atoms with Crippen LogP contribution < -0.4 is 15.8 Å². The van der Waals surface area contributed by atoms with E-state index in [1.54, 1.807) is 0 Å². The monoisotopic (exact) mass is 477 g/mol. The van der Waals surface area contributed by atoms with Crippen LogP contribution in [0.2, 0.25) is 0 Å². The van der Waals surface area contributed by atoms with E-state index < -0.39 is 17.6 Å². The van der Waals surface area contributed by atoms with Gasteiger partial charge in [0, 0.05) is 32.1 Å². The lowest BCUT2D eigenvalue weighted by atomic mass is 9.92. The number of hydrazine groups is 1. The van der Waals surface area contributed by atoms with E-state index in [-0.39, 0.29) is 24.6 Å². The van der Waals surface area contributed by atoms with Crippen molar-refractivity contribution in [1.29, 1.82) is 0 Å². The van der Waals surface area contributed by atoms with E-state index in [4.69, 9.17) is 0 Å². The average Bonchev–Trinajstić information content (AvgIpc) is 3.54. The molecule has 2 amide bonds. The molecule has 188 valence electrons. The lowest BCUT2D eigenvalue weighted by molar-refractivity contribution is -0.154. The molecule has 0 bridgehead atoms. The number of aromatic nitrogens is 2. The molecule has 34 heavy (non-hydrogen) atoms. The predicted octanol–water partition coefficient (Wildman–Crippen LogP) is 1.95. The normalized spacial score (nSPS) is 21.9. The fourth-order valence-corrected chi connectivity index (χ4v) is 5.52. The molecule has 1 aliphatic carbocycles. The molecule has 0 radical (unpaired) electrons. The van der Waals surface area contributed by atoms with E-state index >= 15 is 4.39 Å². The van der Waals surface area contributed by atoms with Crippen molar-refractivity contribution in [3.05, 3.63) is 11.6 Å². The van der Waals surface area contributed by atoms with E-state index in [2.05, 4.69) is 25.7 Å². The Bertz CT molecular complexity index is 867. The summed E-state index contributed by atoms with van der Waals surface area (Å²) >= 11 is 0. The molecule has 0 spiro atoms. The largest absolute Gasteiger partial charge is 0.351 e. The second kappa shape index (κ2) is 11.3. The zero-order valence-corrected chi connectivity index (χ0v) is 19.9. The summed E-state index contributed by atoms with van der Waals surface area (Å²) in [6, 6.07) is 0.417. The van der Waals surface area contributed by atoms with Crippen molar-refractivity contribution in [2.45, 2.75) is 64.3 Å².